The van der Waals surface area contributed by atoms with Gasteiger partial charge >= 0.3 is 0 Å². The fourth-order valence-corrected chi connectivity index (χ4v) is 5.35. The molecule has 7 heteroatoms. The van der Waals surface area contributed by atoms with Crippen molar-refractivity contribution in [1.82, 2.24) is 14.5 Å². The van der Waals surface area contributed by atoms with Gasteiger partial charge in [-0.25, -0.2) is 8.42 Å². The van der Waals surface area contributed by atoms with Crippen LogP contribution in [-0.4, -0.2) is 56.3 Å². The Hall–Kier alpha value is -2.22. The summed E-state index contributed by atoms with van der Waals surface area (Å²) in [6, 6.07) is 18.0. The first-order valence-corrected chi connectivity index (χ1v) is 11.5. The first kappa shape index (κ1) is 21.5. The maximum absolute atomic E-state index is 12.9. The molecule has 1 heterocycles. The van der Waals surface area contributed by atoms with Gasteiger partial charge in [-0.3, -0.25) is 4.79 Å². The van der Waals surface area contributed by atoms with Gasteiger partial charge in [0.2, 0.25) is 15.9 Å². The lowest BCUT2D eigenvalue weighted by Crippen LogP contribution is -2.46. The van der Waals surface area contributed by atoms with E-state index in [1.165, 1.54) is 9.87 Å². The molecular weight excluding hydrogens is 386 g/mol. The van der Waals surface area contributed by atoms with Gasteiger partial charge < -0.3 is 10.2 Å². The lowest BCUT2D eigenvalue weighted by atomic mass is 10.2. The monoisotopic (exact) mass is 415 g/mol. The third-order valence-corrected chi connectivity index (χ3v) is 7.09. The molecule has 3 rings (SSSR count). The summed E-state index contributed by atoms with van der Waals surface area (Å²) in [6.07, 6.45) is 2.07. The maximum Gasteiger partial charge on any atom is 0.243 e. The average Bonchev–Trinajstić information content (AvgIpc) is 3.23. The van der Waals surface area contributed by atoms with E-state index in [1.807, 2.05) is 18.2 Å². The predicted octanol–water partition coefficient (Wildman–Crippen LogP) is 2.48. The molecule has 6 nitrogen and oxygen atoms in total. The number of carbonyl (C=O) groups excluding carboxylic acids is 1. The molecule has 0 bridgehead atoms. The quantitative estimate of drug-likeness (QED) is 0.639. The molecule has 0 aliphatic carbocycles. The average molecular weight is 416 g/mol. The van der Waals surface area contributed by atoms with E-state index in [2.05, 4.69) is 29.4 Å². The van der Waals surface area contributed by atoms with Crippen LogP contribution in [0.4, 0.5) is 0 Å². The summed E-state index contributed by atoms with van der Waals surface area (Å²) in [7, 11) is -1.59. The van der Waals surface area contributed by atoms with Crippen LogP contribution in [0.1, 0.15) is 24.8 Å². The number of amides is 1. The molecule has 2 aromatic rings. The molecule has 0 saturated carbocycles. The van der Waals surface area contributed by atoms with Gasteiger partial charge in [0.1, 0.15) is 6.04 Å². The zero-order chi connectivity index (χ0) is 20.7. The van der Waals surface area contributed by atoms with Crippen LogP contribution >= 0.6 is 0 Å². The minimum atomic E-state index is -3.65. The van der Waals surface area contributed by atoms with E-state index in [4.69, 9.17) is 0 Å². The Balaban J connectivity index is 1.47. The van der Waals surface area contributed by atoms with E-state index in [9.17, 15) is 13.2 Å². The third kappa shape index (κ3) is 5.65. The van der Waals surface area contributed by atoms with Crippen molar-refractivity contribution < 1.29 is 13.2 Å². The van der Waals surface area contributed by atoms with Crippen LogP contribution in [0.3, 0.4) is 0 Å². The molecule has 1 atom stereocenters. The van der Waals surface area contributed by atoms with Gasteiger partial charge in [-0.15, -0.1) is 0 Å². The fraction of sp³-hybridized carbons (Fsp3) is 0.409. The maximum atomic E-state index is 12.9. The van der Waals surface area contributed by atoms with Crippen molar-refractivity contribution in [2.75, 3.05) is 26.7 Å². The molecule has 1 unspecified atom stereocenters. The van der Waals surface area contributed by atoms with Gasteiger partial charge in [-0.1, -0.05) is 48.5 Å². The van der Waals surface area contributed by atoms with Crippen LogP contribution in [0.2, 0.25) is 0 Å². The van der Waals surface area contributed by atoms with Gasteiger partial charge in [0.15, 0.2) is 0 Å². The highest BCUT2D eigenvalue weighted by Gasteiger charge is 2.39. The smallest absolute Gasteiger partial charge is 0.243 e. The lowest BCUT2D eigenvalue weighted by molar-refractivity contribution is -0.124. The second kappa shape index (κ2) is 10.0. The van der Waals surface area contributed by atoms with Crippen LogP contribution in [0.15, 0.2) is 65.6 Å². The molecule has 1 fully saturated rings. The van der Waals surface area contributed by atoms with E-state index in [-0.39, 0.29) is 10.8 Å². The molecule has 0 radical (unpaired) electrons. The van der Waals surface area contributed by atoms with Gasteiger partial charge in [0.25, 0.3) is 0 Å². The Labute approximate surface area is 173 Å². The third-order valence-electron chi connectivity index (χ3n) is 5.17. The molecule has 0 spiro atoms. The number of carbonyl (C=O) groups is 1. The van der Waals surface area contributed by atoms with Crippen LogP contribution < -0.4 is 5.32 Å². The molecular formula is C22H29N3O3S. The van der Waals surface area contributed by atoms with E-state index in [0.29, 0.717) is 25.9 Å². The minimum absolute atomic E-state index is 0.201. The minimum Gasteiger partial charge on any atom is -0.355 e. The number of nitrogens with zero attached hydrogens (tertiary/aromatic N) is 2. The topological polar surface area (TPSA) is 69.7 Å². The molecule has 156 valence electrons. The Morgan fingerprint density at radius 3 is 2.45 bits per heavy atom. The van der Waals surface area contributed by atoms with Crippen molar-refractivity contribution in [1.29, 1.82) is 0 Å². The van der Waals surface area contributed by atoms with E-state index >= 15 is 0 Å². The fourth-order valence-electron chi connectivity index (χ4n) is 3.67. The molecule has 1 aliphatic heterocycles. The zero-order valence-corrected chi connectivity index (χ0v) is 17.6. The Morgan fingerprint density at radius 1 is 1.10 bits per heavy atom. The molecule has 29 heavy (non-hydrogen) atoms. The Kier molecular flexibility index (Phi) is 7.41. The number of hydrogen-bond donors (Lipinski definition) is 1. The summed E-state index contributed by atoms with van der Waals surface area (Å²) in [5.74, 6) is -0.201. The highest BCUT2D eigenvalue weighted by Crippen LogP contribution is 2.26. The SMILES string of the molecule is CN(CCCNC(=O)C1CCCN1S(=O)(=O)c1ccccc1)Cc1ccccc1. The zero-order valence-electron chi connectivity index (χ0n) is 16.8. The molecule has 1 aliphatic rings. The largest absolute Gasteiger partial charge is 0.355 e. The van der Waals surface area contributed by atoms with E-state index in [1.54, 1.807) is 30.3 Å². The summed E-state index contributed by atoms with van der Waals surface area (Å²) < 4.78 is 27.1. The number of benzene rings is 2. The van der Waals surface area contributed by atoms with Crippen LogP contribution in [0.5, 0.6) is 0 Å². The first-order valence-electron chi connectivity index (χ1n) is 10.1. The number of nitrogens with one attached hydrogen (secondary N) is 1. The van der Waals surface area contributed by atoms with E-state index in [0.717, 1.165) is 19.5 Å². The van der Waals surface area contributed by atoms with Crippen LogP contribution in [0.25, 0.3) is 0 Å². The summed E-state index contributed by atoms with van der Waals surface area (Å²) in [6.45, 7) is 2.63. The molecule has 2 aromatic carbocycles. The number of hydrogen-bond acceptors (Lipinski definition) is 4. The van der Waals surface area contributed by atoms with E-state index < -0.39 is 16.1 Å². The molecule has 0 aromatic heterocycles. The van der Waals surface area contributed by atoms with Crippen molar-refractivity contribution in [3.63, 3.8) is 0 Å². The second-order valence-electron chi connectivity index (χ2n) is 7.45. The first-order chi connectivity index (χ1) is 14.0. The highest BCUT2D eigenvalue weighted by atomic mass is 32.2. The summed E-state index contributed by atoms with van der Waals surface area (Å²) in [4.78, 5) is 15.1. The number of sulfonamides is 1. The standard InChI is InChI=1S/C22H29N3O3S/c1-24(18-19-10-4-2-5-11-19)16-9-15-23-22(26)21-14-8-17-25(21)29(27,28)20-12-6-3-7-13-20/h2-7,10-13,21H,8-9,14-18H2,1H3,(H,23,26). The Bertz CT molecular complexity index is 888. The highest BCUT2D eigenvalue weighted by molar-refractivity contribution is 7.89. The predicted molar refractivity (Wildman–Crippen MR) is 114 cm³/mol. The van der Waals surface area contributed by atoms with Crippen LogP contribution in [-0.2, 0) is 21.4 Å². The molecule has 1 N–H and O–H groups in total. The normalized spacial score (nSPS) is 17.5. The Morgan fingerprint density at radius 2 is 1.76 bits per heavy atom. The summed E-state index contributed by atoms with van der Waals surface area (Å²) in [5.41, 5.74) is 1.26. The van der Waals surface area contributed by atoms with Gasteiger partial charge in [0.05, 0.1) is 4.90 Å². The van der Waals surface area contributed by atoms with Crippen LogP contribution in [0, 0.1) is 0 Å². The summed E-state index contributed by atoms with van der Waals surface area (Å²) >= 11 is 0. The van der Waals surface area contributed by atoms with Crippen molar-refractivity contribution in [2.24, 2.45) is 0 Å². The lowest BCUT2D eigenvalue weighted by Gasteiger charge is -2.23. The summed E-state index contributed by atoms with van der Waals surface area (Å²) in [5, 5.41) is 2.93. The van der Waals surface area contributed by atoms with Crippen molar-refractivity contribution >= 4 is 15.9 Å². The second-order valence-corrected chi connectivity index (χ2v) is 9.35. The molecule has 1 amide bonds. The van der Waals surface area contributed by atoms with Crippen molar-refractivity contribution in [2.45, 2.75) is 36.7 Å². The van der Waals surface area contributed by atoms with Crippen molar-refractivity contribution in [3.8, 4) is 0 Å². The van der Waals surface area contributed by atoms with Gasteiger partial charge in [-0.2, -0.15) is 4.31 Å². The van der Waals surface area contributed by atoms with Gasteiger partial charge in [-0.05, 0) is 50.6 Å². The van der Waals surface area contributed by atoms with Gasteiger partial charge in [0, 0.05) is 19.6 Å². The molecule has 1 saturated heterocycles. The number of rotatable bonds is 9. The van der Waals surface area contributed by atoms with Crippen molar-refractivity contribution in [3.05, 3.63) is 66.2 Å².